The van der Waals surface area contributed by atoms with Gasteiger partial charge < -0.3 is 0 Å². The summed E-state index contributed by atoms with van der Waals surface area (Å²) in [6, 6.07) is -0.572. The molecule has 0 aromatic heterocycles. The summed E-state index contributed by atoms with van der Waals surface area (Å²) >= 11 is 0. The van der Waals surface area contributed by atoms with Gasteiger partial charge >= 0.3 is 12.2 Å². The van der Waals surface area contributed by atoms with Crippen molar-refractivity contribution in [1.29, 1.82) is 0 Å². The van der Waals surface area contributed by atoms with Crippen molar-refractivity contribution in [1.82, 2.24) is 5.32 Å². The van der Waals surface area contributed by atoms with Crippen LogP contribution in [0.1, 0.15) is 52.9 Å². The third-order valence-corrected chi connectivity index (χ3v) is 5.72. The Balaban J connectivity index is 0.000000370. The van der Waals surface area contributed by atoms with E-state index in [0.717, 1.165) is 37.8 Å². The molecule has 0 fully saturated rings. The van der Waals surface area contributed by atoms with Crippen LogP contribution in [0.25, 0.3) is 11.1 Å². The molecular formula is C25H28F11N. The van der Waals surface area contributed by atoms with Gasteiger partial charge in [-0.05, 0) is 24.3 Å². The van der Waals surface area contributed by atoms with Gasteiger partial charge in [-0.25, -0.2) is 31.7 Å². The van der Waals surface area contributed by atoms with E-state index in [4.69, 9.17) is 0 Å². The molecule has 2 rings (SSSR count). The fraction of sp³-hybridized carbons (Fsp3) is 0.520. The largest absolute Gasteiger partial charge is 0.469 e. The van der Waals surface area contributed by atoms with Crippen molar-refractivity contribution in [3.8, 4) is 11.1 Å². The van der Waals surface area contributed by atoms with E-state index in [1.165, 1.54) is 17.4 Å². The molecule has 0 amide bonds. The van der Waals surface area contributed by atoms with Crippen LogP contribution < -0.4 is 5.32 Å². The van der Waals surface area contributed by atoms with Gasteiger partial charge in [-0.3, -0.25) is 0 Å². The summed E-state index contributed by atoms with van der Waals surface area (Å²) in [5, 5.41) is 1.31. The second kappa shape index (κ2) is 14.0. The Kier molecular flexibility index (Phi) is 12.3. The van der Waals surface area contributed by atoms with Crippen LogP contribution in [0.15, 0.2) is 24.3 Å². The monoisotopic (exact) mass is 551 g/mol. The highest BCUT2D eigenvalue weighted by Crippen LogP contribution is 2.34. The SMILES string of the molecule is CCCC(CC)CCC(C)CNC(F)(F)C(F)(F)F.Fc1ccccc1-c1c(F)c(F)c(F)c(F)c1F. The van der Waals surface area contributed by atoms with E-state index in [9.17, 15) is 48.3 Å². The first-order valence-corrected chi connectivity index (χ1v) is 11.5. The summed E-state index contributed by atoms with van der Waals surface area (Å²) in [6.07, 6.45) is -0.815. The minimum absolute atomic E-state index is 0.195. The maximum Gasteiger partial charge on any atom is 0.469 e. The van der Waals surface area contributed by atoms with Crippen LogP contribution in [0.4, 0.5) is 48.3 Å². The van der Waals surface area contributed by atoms with Crippen molar-refractivity contribution < 1.29 is 48.3 Å². The number of hydrogen-bond donors (Lipinski definition) is 1. The first-order valence-electron chi connectivity index (χ1n) is 11.5. The summed E-state index contributed by atoms with van der Waals surface area (Å²) in [6.45, 7) is 5.52. The van der Waals surface area contributed by atoms with Crippen molar-refractivity contribution in [3.05, 3.63) is 59.2 Å². The summed E-state index contributed by atoms with van der Waals surface area (Å²) in [5.74, 6) is -11.3. The van der Waals surface area contributed by atoms with Gasteiger partial charge in [-0.15, -0.1) is 0 Å². The highest BCUT2D eigenvalue weighted by atomic mass is 19.4. The average Bonchev–Trinajstić information content (AvgIpc) is 2.83. The number of hydrogen-bond acceptors (Lipinski definition) is 1. The fourth-order valence-corrected chi connectivity index (χ4v) is 3.49. The maximum absolute atomic E-state index is 13.4. The molecular weight excluding hydrogens is 523 g/mol. The standard InChI is InChI=1S/C13H24F5N.C12H4F6/c1-4-6-11(5-2)8-7-10(3)9-19-13(17,18)12(14,15)16;13-6-4-2-1-3-5(6)7-8(14)10(16)12(18)11(17)9(7)15/h10-11,19H,4-9H2,1-3H3;1-4H. The lowest BCUT2D eigenvalue weighted by Gasteiger charge is -2.23. The fourth-order valence-electron chi connectivity index (χ4n) is 3.49. The molecule has 0 radical (unpaired) electrons. The molecule has 0 spiro atoms. The van der Waals surface area contributed by atoms with Crippen molar-refractivity contribution in [2.24, 2.45) is 11.8 Å². The highest BCUT2D eigenvalue weighted by molar-refractivity contribution is 5.65. The number of benzene rings is 2. The molecule has 210 valence electrons. The minimum atomic E-state index is -5.53. The molecule has 1 nitrogen and oxygen atoms in total. The van der Waals surface area contributed by atoms with Crippen LogP contribution in [0.2, 0.25) is 0 Å². The lowest BCUT2D eigenvalue weighted by atomic mass is 9.91. The quantitative estimate of drug-likeness (QED) is 0.134. The molecule has 37 heavy (non-hydrogen) atoms. The number of rotatable bonds is 10. The molecule has 2 aromatic carbocycles. The zero-order valence-electron chi connectivity index (χ0n) is 20.4. The van der Waals surface area contributed by atoms with Gasteiger partial charge in [-0.2, -0.15) is 22.0 Å². The zero-order chi connectivity index (χ0) is 28.6. The lowest BCUT2D eigenvalue weighted by Crippen LogP contribution is -2.50. The van der Waals surface area contributed by atoms with Gasteiger partial charge in [0.2, 0.25) is 5.82 Å². The van der Waals surface area contributed by atoms with E-state index in [-0.39, 0.29) is 12.5 Å². The third kappa shape index (κ3) is 8.86. The number of halogens is 11. The maximum atomic E-state index is 13.4. The summed E-state index contributed by atoms with van der Waals surface area (Å²) in [5.41, 5.74) is -1.96. The van der Waals surface area contributed by atoms with E-state index in [2.05, 4.69) is 13.8 Å². The van der Waals surface area contributed by atoms with Gasteiger partial charge in [0.1, 0.15) is 5.82 Å². The van der Waals surface area contributed by atoms with Crippen LogP contribution in [0, 0.1) is 46.7 Å². The summed E-state index contributed by atoms with van der Waals surface area (Å²) in [4.78, 5) is 0. The van der Waals surface area contributed by atoms with Crippen LogP contribution in [-0.4, -0.2) is 18.8 Å². The number of alkyl halides is 5. The van der Waals surface area contributed by atoms with Gasteiger partial charge in [0.15, 0.2) is 23.3 Å². The molecule has 0 saturated carbocycles. The Morgan fingerprint density at radius 1 is 0.730 bits per heavy atom. The second-order valence-corrected chi connectivity index (χ2v) is 8.62. The van der Waals surface area contributed by atoms with Crippen molar-refractivity contribution >= 4 is 0 Å². The molecule has 0 bridgehead atoms. The molecule has 1 N–H and O–H groups in total. The molecule has 0 aliphatic heterocycles. The lowest BCUT2D eigenvalue weighted by molar-refractivity contribution is -0.295. The van der Waals surface area contributed by atoms with E-state index < -0.39 is 58.3 Å². The first-order chi connectivity index (χ1) is 17.1. The van der Waals surface area contributed by atoms with Crippen LogP contribution in [0.5, 0.6) is 0 Å². The second-order valence-electron chi connectivity index (χ2n) is 8.62. The molecule has 0 aliphatic carbocycles. The molecule has 2 atom stereocenters. The van der Waals surface area contributed by atoms with Gasteiger partial charge in [0.05, 0.1) is 5.56 Å². The van der Waals surface area contributed by atoms with Crippen molar-refractivity contribution in [2.45, 2.75) is 65.1 Å². The van der Waals surface area contributed by atoms with Crippen LogP contribution >= 0.6 is 0 Å². The predicted molar refractivity (Wildman–Crippen MR) is 118 cm³/mol. The average molecular weight is 551 g/mol. The molecule has 2 unspecified atom stereocenters. The Hall–Kier alpha value is -2.37. The Morgan fingerprint density at radius 3 is 1.70 bits per heavy atom. The van der Waals surface area contributed by atoms with Gasteiger partial charge in [-0.1, -0.05) is 64.7 Å². The van der Waals surface area contributed by atoms with Gasteiger partial charge in [0, 0.05) is 12.1 Å². The smallest absolute Gasteiger partial charge is 0.250 e. The Morgan fingerprint density at radius 2 is 1.24 bits per heavy atom. The highest BCUT2D eigenvalue weighted by Gasteiger charge is 2.57. The van der Waals surface area contributed by atoms with Crippen molar-refractivity contribution in [2.75, 3.05) is 6.54 Å². The Labute approximate surface area is 208 Å². The minimum Gasteiger partial charge on any atom is -0.250 e. The summed E-state index contributed by atoms with van der Waals surface area (Å²) in [7, 11) is 0. The van der Waals surface area contributed by atoms with E-state index in [0.29, 0.717) is 12.3 Å². The van der Waals surface area contributed by atoms with E-state index >= 15 is 0 Å². The normalized spacial score (nSPS) is 13.7. The number of nitrogens with one attached hydrogen (secondary N) is 1. The molecule has 2 aromatic rings. The first kappa shape index (κ1) is 32.7. The van der Waals surface area contributed by atoms with Crippen molar-refractivity contribution in [3.63, 3.8) is 0 Å². The third-order valence-electron chi connectivity index (χ3n) is 5.72. The van der Waals surface area contributed by atoms with Crippen LogP contribution in [-0.2, 0) is 0 Å². The Bertz CT molecular complexity index is 976. The van der Waals surface area contributed by atoms with Crippen LogP contribution in [0.3, 0.4) is 0 Å². The van der Waals surface area contributed by atoms with E-state index in [1.807, 2.05) is 0 Å². The van der Waals surface area contributed by atoms with Gasteiger partial charge in [0.25, 0.3) is 0 Å². The molecule has 0 heterocycles. The zero-order valence-corrected chi connectivity index (χ0v) is 20.4. The predicted octanol–water partition coefficient (Wildman–Crippen LogP) is 9.16. The van der Waals surface area contributed by atoms with E-state index in [1.54, 1.807) is 6.92 Å². The molecule has 0 saturated heterocycles. The molecule has 12 heteroatoms. The molecule has 0 aliphatic rings. The summed E-state index contributed by atoms with van der Waals surface area (Å²) < 4.78 is 140. The topological polar surface area (TPSA) is 12.0 Å².